The number of thiophene rings is 1. The quantitative estimate of drug-likeness (QED) is 0.309. The fourth-order valence-electron chi connectivity index (χ4n) is 5.54. The predicted octanol–water partition coefficient (Wildman–Crippen LogP) is 8.37. The van der Waals surface area contributed by atoms with Crippen LogP contribution >= 0.6 is 22.9 Å². The topological polar surface area (TPSA) is 73.9 Å². The van der Waals surface area contributed by atoms with Gasteiger partial charge in [0, 0.05) is 11.7 Å². The Kier molecular flexibility index (Phi) is 9.46. The minimum atomic E-state index is -0.650. The molecule has 0 bridgehead atoms. The summed E-state index contributed by atoms with van der Waals surface area (Å²) < 4.78 is 16.5. The molecule has 2 aromatic rings. The Morgan fingerprint density at radius 2 is 1.79 bits per heavy atom. The number of halogens is 1. The van der Waals surface area contributed by atoms with Gasteiger partial charge in [-0.2, -0.15) is 0 Å². The van der Waals surface area contributed by atoms with Crippen LogP contribution in [0.15, 0.2) is 24.3 Å². The highest BCUT2D eigenvalue weighted by atomic mass is 35.5. The number of hydrogen-bond acceptors (Lipinski definition) is 7. The molecule has 38 heavy (non-hydrogen) atoms. The highest BCUT2D eigenvalue weighted by Crippen LogP contribution is 2.48. The van der Waals surface area contributed by atoms with Crippen LogP contribution in [0.25, 0.3) is 10.4 Å². The second kappa shape index (κ2) is 11.9. The Hall–Kier alpha value is -2.25. The maximum atomic E-state index is 12.9. The van der Waals surface area contributed by atoms with Gasteiger partial charge in [0.25, 0.3) is 0 Å². The van der Waals surface area contributed by atoms with E-state index in [2.05, 4.69) is 39.1 Å². The Morgan fingerprint density at radius 1 is 1.13 bits per heavy atom. The predicted molar refractivity (Wildman–Crippen MR) is 156 cm³/mol. The van der Waals surface area contributed by atoms with E-state index in [0.29, 0.717) is 17.3 Å². The van der Waals surface area contributed by atoms with Crippen LogP contribution in [0.1, 0.15) is 90.7 Å². The van der Waals surface area contributed by atoms with Crippen molar-refractivity contribution in [3.8, 4) is 16.2 Å². The molecule has 1 aromatic heterocycles. The summed E-state index contributed by atoms with van der Waals surface area (Å²) in [5.74, 6) is -0.920. The number of carbonyl (C=O) groups is 2. The molecule has 1 aromatic carbocycles. The van der Waals surface area contributed by atoms with E-state index in [1.54, 1.807) is 20.8 Å². The minimum Gasteiger partial charge on any atom is -0.479 e. The monoisotopic (exact) mass is 563 g/mol. The number of benzene rings is 1. The Labute approximate surface area is 236 Å². The van der Waals surface area contributed by atoms with Gasteiger partial charge in [-0.1, -0.05) is 58.4 Å². The molecule has 1 aliphatic rings. The van der Waals surface area contributed by atoms with Crippen LogP contribution in [0.3, 0.4) is 0 Å². The van der Waals surface area contributed by atoms with Crippen molar-refractivity contribution in [1.82, 2.24) is 0 Å². The van der Waals surface area contributed by atoms with Crippen molar-refractivity contribution in [2.45, 2.75) is 92.7 Å². The smallest absolute Gasteiger partial charge is 0.352 e. The maximum absolute atomic E-state index is 12.9. The minimum absolute atomic E-state index is 0.146. The standard InChI is InChI=1S/C30H42ClNO5S/c1-9-13-35-27(34)26-24(36-17-22(33)37-28(2,3)4)23(31)25(38-26)19-11-10-12-20(14-19)32-21-15-29(5,6)18-30(7,8)16-21/h10-12,14,21,32H,9,13,15-18H2,1-8H3. The van der Waals surface area contributed by atoms with Gasteiger partial charge in [0.2, 0.25) is 0 Å². The van der Waals surface area contributed by atoms with Gasteiger partial charge < -0.3 is 19.5 Å². The van der Waals surface area contributed by atoms with Gasteiger partial charge in [-0.3, -0.25) is 0 Å². The van der Waals surface area contributed by atoms with E-state index in [0.717, 1.165) is 24.1 Å². The third kappa shape index (κ3) is 8.37. The van der Waals surface area contributed by atoms with E-state index >= 15 is 0 Å². The summed E-state index contributed by atoms with van der Waals surface area (Å²) >= 11 is 7.99. The third-order valence-corrected chi connectivity index (χ3v) is 7.91. The van der Waals surface area contributed by atoms with Crippen LogP contribution in [0.5, 0.6) is 5.75 Å². The Bertz CT molecular complexity index is 1130. The van der Waals surface area contributed by atoms with E-state index in [9.17, 15) is 9.59 Å². The maximum Gasteiger partial charge on any atom is 0.352 e. The normalized spacial score (nSPS) is 17.1. The second-order valence-electron chi connectivity index (χ2n) is 12.7. The molecule has 0 amide bonds. The second-order valence-corrected chi connectivity index (χ2v) is 14.1. The summed E-state index contributed by atoms with van der Waals surface area (Å²) in [6, 6.07) is 8.39. The molecule has 210 valence electrons. The molecule has 0 saturated heterocycles. The van der Waals surface area contributed by atoms with E-state index in [4.69, 9.17) is 25.8 Å². The van der Waals surface area contributed by atoms with Gasteiger partial charge >= 0.3 is 11.9 Å². The number of carbonyl (C=O) groups excluding carboxylic acids is 2. The average Bonchev–Trinajstić information content (AvgIpc) is 3.09. The molecule has 6 nitrogen and oxygen atoms in total. The van der Waals surface area contributed by atoms with Gasteiger partial charge in [-0.15, -0.1) is 11.3 Å². The Balaban J connectivity index is 1.88. The van der Waals surface area contributed by atoms with Gasteiger partial charge in [0.1, 0.15) is 10.6 Å². The zero-order valence-electron chi connectivity index (χ0n) is 24.0. The zero-order valence-corrected chi connectivity index (χ0v) is 25.5. The fraction of sp³-hybridized carbons (Fsp3) is 0.600. The molecule has 0 atom stereocenters. The number of esters is 2. The summed E-state index contributed by atoms with van der Waals surface area (Å²) in [7, 11) is 0. The van der Waals surface area contributed by atoms with E-state index in [1.165, 1.54) is 17.8 Å². The largest absolute Gasteiger partial charge is 0.479 e. The van der Waals surface area contributed by atoms with Crippen molar-refractivity contribution in [1.29, 1.82) is 0 Å². The fourth-order valence-corrected chi connectivity index (χ4v) is 7.00. The highest BCUT2D eigenvalue weighted by Gasteiger charge is 2.38. The molecule has 1 saturated carbocycles. The van der Waals surface area contributed by atoms with Gasteiger partial charge in [0.05, 0.1) is 11.5 Å². The molecule has 0 spiro atoms. The molecule has 0 unspecified atom stereocenters. The molecule has 1 N–H and O–H groups in total. The van der Waals surface area contributed by atoms with Gasteiger partial charge in [-0.25, -0.2) is 9.59 Å². The van der Waals surface area contributed by atoms with Crippen LogP contribution in [0.4, 0.5) is 5.69 Å². The zero-order chi connectivity index (χ0) is 28.3. The van der Waals surface area contributed by atoms with Crippen molar-refractivity contribution in [2.24, 2.45) is 10.8 Å². The first-order chi connectivity index (χ1) is 17.6. The molecule has 1 fully saturated rings. The van der Waals surface area contributed by atoms with Gasteiger partial charge in [0.15, 0.2) is 17.2 Å². The van der Waals surface area contributed by atoms with Crippen molar-refractivity contribution >= 4 is 40.6 Å². The van der Waals surface area contributed by atoms with Crippen molar-refractivity contribution in [3.05, 3.63) is 34.2 Å². The Morgan fingerprint density at radius 3 is 2.39 bits per heavy atom. The number of ether oxygens (including phenoxy) is 3. The number of hydrogen-bond donors (Lipinski definition) is 1. The van der Waals surface area contributed by atoms with Crippen molar-refractivity contribution < 1.29 is 23.8 Å². The summed E-state index contributed by atoms with van der Waals surface area (Å²) in [5, 5.41) is 4.01. The first kappa shape index (κ1) is 30.3. The lowest BCUT2D eigenvalue weighted by Crippen LogP contribution is -2.40. The first-order valence-corrected chi connectivity index (χ1v) is 14.5. The van der Waals surface area contributed by atoms with Crippen LogP contribution in [-0.4, -0.2) is 36.8 Å². The molecule has 0 radical (unpaired) electrons. The molecular weight excluding hydrogens is 522 g/mol. The summed E-state index contributed by atoms with van der Waals surface area (Å²) in [6.07, 6.45) is 4.08. The number of rotatable bonds is 9. The van der Waals surface area contributed by atoms with Crippen LogP contribution in [0.2, 0.25) is 5.02 Å². The van der Waals surface area contributed by atoms with Crippen LogP contribution < -0.4 is 10.1 Å². The third-order valence-electron chi connectivity index (χ3n) is 6.24. The first-order valence-electron chi connectivity index (χ1n) is 13.3. The number of anilines is 1. The molecule has 8 heteroatoms. The van der Waals surface area contributed by atoms with E-state index in [1.807, 2.05) is 25.1 Å². The summed E-state index contributed by atoms with van der Waals surface area (Å²) in [5.41, 5.74) is 1.74. The summed E-state index contributed by atoms with van der Waals surface area (Å²) in [6.45, 7) is 16.5. The van der Waals surface area contributed by atoms with E-state index < -0.39 is 17.5 Å². The lowest BCUT2D eigenvalue weighted by molar-refractivity contribution is -0.157. The molecule has 1 heterocycles. The van der Waals surface area contributed by atoms with Crippen LogP contribution in [-0.2, 0) is 14.3 Å². The number of nitrogens with one attached hydrogen (secondary N) is 1. The van der Waals surface area contributed by atoms with Crippen molar-refractivity contribution in [3.63, 3.8) is 0 Å². The molecule has 0 aliphatic heterocycles. The lowest BCUT2D eigenvalue weighted by Gasteiger charge is -2.45. The molecule has 3 rings (SSSR count). The summed E-state index contributed by atoms with van der Waals surface area (Å²) in [4.78, 5) is 26.1. The lowest BCUT2D eigenvalue weighted by atomic mass is 9.63. The van der Waals surface area contributed by atoms with E-state index in [-0.39, 0.29) is 39.7 Å². The average molecular weight is 564 g/mol. The van der Waals surface area contributed by atoms with Gasteiger partial charge in [-0.05, 0) is 75.0 Å². The van der Waals surface area contributed by atoms with Crippen molar-refractivity contribution in [2.75, 3.05) is 18.5 Å². The molecule has 1 aliphatic carbocycles. The SMILES string of the molecule is CCCOC(=O)c1sc(-c2cccc(NC3CC(C)(C)CC(C)(C)C3)c2)c(Cl)c1OCC(=O)OC(C)(C)C. The van der Waals surface area contributed by atoms with Crippen LogP contribution in [0, 0.1) is 10.8 Å². The highest BCUT2D eigenvalue weighted by molar-refractivity contribution is 7.18. The molecular formula is C30H42ClNO5S.